The number of rotatable bonds is 8. The van der Waals surface area contributed by atoms with E-state index in [1.54, 1.807) is 24.3 Å². The van der Waals surface area contributed by atoms with E-state index in [1.165, 1.54) is 0 Å². The first-order valence-corrected chi connectivity index (χ1v) is 8.37. The van der Waals surface area contributed by atoms with Gasteiger partial charge in [-0.2, -0.15) is 0 Å². The van der Waals surface area contributed by atoms with E-state index in [0.29, 0.717) is 18.4 Å². The van der Waals surface area contributed by atoms with Gasteiger partial charge in [0.2, 0.25) is 11.8 Å². The molecule has 3 N–H and O–H groups in total. The van der Waals surface area contributed by atoms with Crippen molar-refractivity contribution in [2.24, 2.45) is 5.92 Å². The van der Waals surface area contributed by atoms with Crippen molar-refractivity contribution in [3.05, 3.63) is 35.4 Å². The second-order valence-corrected chi connectivity index (χ2v) is 6.22. The molecule has 0 bridgehead atoms. The number of benzene rings is 1. The molecule has 134 valence electrons. The molecular formula is C18H22N2O5. The quantitative estimate of drug-likeness (QED) is 0.614. The van der Waals surface area contributed by atoms with Gasteiger partial charge in [-0.15, -0.1) is 0 Å². The van der Waals surface area contributed by atoms with Crippen molar-refractivity contribution in [2.45, 2.75) is 45.1 Å². The third-order valence-corrected chi connectivity index (χ3v) is 4.21. The van der Waals surface area contributed by atoms with Gasteiger partial charge in [-0.1, -0.05) is 31.9 Å². The van der Waals surface area contributed by atoms with Crippen molar-refractivity contribution in [1.82, 2.24) is 10.6 Å². The number of carboxylic acid groups (broad SMARTS) is 1. The van der Waals surface area contributed by atoms with Gasteiger partial charge < -0.3 is 10.4 Å². The standard InChI is InChI=1S/C18H22N2O5/c1-2-3-4-14(18(24)25)19-16(22)12-7-5-11(6-8-12)9-13-10-15(21)20-17(13)23/h5-8,13-14H,2-4,9-10H2,1H3,(H,19,22)(H,24,25)(H,20,21,23)/t13?,14-/m0/s1. The fourth-order valence-electron chi connectivity index (χ4n) is 2.76. The number of carbonyl (C=O) groups excluding carboxylic acids is 3. The van der Waals surface area contributed by atoms with E-state index in [9.17, 15) is 19.2 Å². The molecule has 1 aliphatic heterocycles. The highest BCUT2D eigenvalue weighted by atomic mass is 16.4. The lowest BCUT2D eigenvalue weighted by atomic mass is 9.97. The molecular weight excluding hydrogens is 324 g/mol. The summed E-state index contributed by atoms with van der Waals surface area (Å²) >= 11 is 0. The van der Waals surface area contributed by atoms with Gasteiger partial charge in [0.25, 0.3) is 5.91 Å². The molecule has 0 aromatic heterocycles. The summed E-state index contributed by atoms with van der Waals surface area (Å²) in [5.74, 6) is -2.40. The number of aliphatic carboxylic acids is 1. The Labute approximate surface area is 145 Å². The Kier molecular flexibility index (Phi) is 6.27. The highest BCUT2D eigenvalue weighted by Gasteiger charge is 2.30. The van der Waals surface area contributed by atoms with Crippen LogP contribution < -0.4 is 10.6 Å². The van der Waals surface area contributed by atoms with Gasteiger partial charge in [0.15, 0.2) is 0 Å². The highest BCUT2D eigenvalue weighted by Crippen LogP contribution is 2.17. The van der Waals surface area contributed by atoms with Crippen LogP contribution in [0, 0.1) is 5.92 Å². The van der Waals surface area contributed by atoms with Crippen molar-refractivity contribution in [3.8, 4) is 0 Å². The second kappa shape index (κ2) is 8.41. The molecule has 1 fully saturated rings. The molecule has 1 aromatic carbocycles. The third kappa shape index (κ3) is 5.14. The lowest BCUT2D eigenvalue weighted by Crippen LogP contribution is -2.40. The smallest absolute Gasteiger partial charge is 0.326 e. The number of hydrogen-bond acceptors (Lipinski definition) is 4. The van der Waals surface area contributed by atoms with Crippen molar-refractivity contribution < 1.29 is 24.3 Å². The van der Waals surface area contributed by atoms with Gasteiger partial charge in [0.1, 0.15) is 6.04 Å². The van der Waals surface area contributed by atoms with E-state index in [4.69, 9.17) is 5.11 Å². The fourth-order valence-corrected chi connectivity index (χ4v) is 2.76. The summed E-state index contributed by atoms with van der Waals surface area (Å²) in [6, 6.07) is 5.72. The number of carbonyl (C=O) groups is 4. The lowest BCUT2D eigenvalue weighted by Gasteiger charge is -2.14. The molecule has 0 spiro atoms. The van der Waals surface area contributed by atoms with Crippen LogP contribution in [0.25, 0.3) is 0 Å². The van der Waals surface area contributed by atoms with Gasteiger partial charge in [-0.3, -0.25) is 19.7 Å². The molecule has 0 aliphatic carbocycles. The Hall–Kier alpha value is -2.70. The molecule has 2 atom stereocenters. The van der Waals surface area contributed by atoms with Gasteiger partial charge in [-0.05, 0) is 30.5 Å². The monoisotopic (exact) mass is 346 g/mol. The second-order valence-electron chi connectivity index (χ2n) is 6.22. The number of nitrogens with one attached hydrogen (secondary N) is 2. The first-order chi connectivity index (χ1) is 11.9. The third-order valence-electron chi connectivity index (χ3n) is 4.21. The van der Waals surface area contributed by atoms with Crippen molar-refractivity contribution in [2.75, 3.05) is 0 Å². The molecule has 1 unspecified atom stereocenters. The van der Waals surface area contributed by atoms with Crippen molar-refractivity contribution in [3.63, 3.8) is 0 Å². The van der Waals surface area contributed by atoms with Crippen LogP contribution in [0.1, 0.15) is 48.5 Å². The van der Waals surface area contributed by atoms with Crippen LogP contribution in [-0.4, -0.2) is 34.8 Å². The topological polar surface area (TPSA) is 113 Å². The maximum absolute atomic E-state index is 12.2. The Balaban J connectivity index is 1.96. The van der Waals surface area contributed by atoms with E-state index < -0.39 is 17.9 Å². The Bertz CT molecular complexity index is 669. The van der Waals surface area contributed by atoms with Gasteiger partial charge in [0.05, 0.1) is 5.92 Å². The van der Waals surface area contributed by atoms with Gasteiger partial charge >= 0.3 is 5.97 Å². The maximum atomic E-state index is 12.2. The van der Waals surface area contributed by atoms with Crippen LogP contribution in [-0.2, 0) is 20.8 Å². The zero-order chi connectivity index (χ0) is 18.4. The van der Waals surface area contributed by atoms with Crippen LogP contribution in [0.3, 0.4) is 0 Å². The molecule has 1 saturated heterocycles. The summed E-state index contributed by atoms with van der Waals surface area (Å²) in [5, 5.41) is 14.0. The average molecular weight is 346 g/mol. The summed E-state index contributed by atoms with van der Waals surface area (Å²) < 4.78 is 0. The molecule has 0 radical (unpaired) electrons. The summed E-state index contributed by atoms with van der Waals surface area (Å²) in [7, 11) is 0. The predicted octanol–water partition coefficient (Wildman–Crippen LogP) is 1.26. The van der Waals surface area contributed by atoms with Crippen LogP contribution in [0.5, 0.6) is 0 Å². The Morgan fingerprint density at radius 1 is 1.28 bits per heavy atom. The van der Waals surface area contributed by atoms with Gasteiger partial charge in [-0.25, -0.2) is 4.79 Å². The van der Waals surface area contributed by atoms with Crippen LogP contribution in [0.15, 0.2) is 24.3 Å². The fraction of sp³-hybridized carbons (Fsp3) is 0.444. The van der Waals surface area contributed by atoms with Gasteiger partial charge in [0, 0.05) is 12.0 Å². The SMILES string of the molecule is CCCC[C@H](NC(=O)c1ccc(CC2CC(=O)NC2=O)cc1)C(=O)O. The lowest BCUT2D eigenvalue weighted by molar-refractivity contribution is -0.139. The van der Waals surface area contributed by atoms with E-state index >= 15 is 0 Å². The molecule has 1 heterocycles. The number of carboxylic acids is 1. The average Bonchev–Trinajstić information content (AvgIpc) is 2.89. The first-order valence-electron chi connectivity index (χ1n) is 8.37. The zero-order valence-electron chi connectivity index (χ0n) is 14.1. The normalized spacial score (nSPS) is 17.9. The van der Waals surface area contributed by atoms with E-state index in [1.807, 2.05) is 6.92 Å². The molecule has 1 aliphatic rings. The molecule has 2 rings (SSSR count). The molecule has 7 nitrogen and oxygen atoms in total. The largest absolute Gasteiger partial charge is 0.480 e. The van der Waals surface area contributed by atoms with Crippen molar-refractivity contribution >= 4 is 23.7 Å². The van der Waals surface area contributed by atoms with Crippen LogP contribution in [0.4, 0.5) is 0 Å². The summed E-state index contributed by atoms with van der Waals surface area (Å²) in [5.41, 5.74) is 1.20. The maximum Gasteiger partial charge on any atom is 0.326 e. The summed E-state index contributed by atoms with van der Waals surface area (Å²) in [4.78, 5) is 46.2. The number of unbranched alkanes of at least 4 members (excludes halogenated alkanes) is 1. The minimum absolute atomic E-state index is 0.179. The molecule has 0 saturated carbocycles. The Morgan fingerprint density at radius 3 is 2.48 bits per heavy atom. The van der Waals surface area contributed by atoms with Crippen LogP contribution in [0.2, 0.25) is 0 Å². The minimum atomic E-state index is -1.05. The number of imide groups is 1. The number of amides is 3. The Morgan fingerprint density at radius 2 is 1.96 bits per heavy atom. The minimum Gasteiger partial charge on any atom is -0.480 e. The van der Waals surface area contributed by atoms with Crippen LogP contribution >= 0.6 is 0 Å². The summed E-state index contributed by atoms with van der Waals surface area (Å²) in [6.07, 6.45) is 2.57. The van der Waals surface area contributed by atoms with E-state index in [2.05, 4.69) is 10.6 Å². The highest BCUT2D eigenvalue weighted by molar-refractivity contribution is 6.03. The number of hydrogen-bond donors (Lipinski definition) is 3. The molecule has 1 aromatic rings. The molecule has 3 amide bonds. The van der Waals surface area contributed by atoms with E-state index in [0.717, 1.165) is 18.4 Å². The zero-order valence-corrected chi connectivity index (χ0v) is 14.1. The summed E-state index contributed by atoms with van der Waals surface area (Å²) in [6.45, 7) is 1.96. The first kappa shape index (κ1) is 18.6. The predicted molar refractivity (Wildman–Crippen MR) is 89.8 cm³/mol. The van der Waals surface area contributed by atoms with E-state index in [-0.39, 0.29) is 24.2 Å². The molecule has 7 heteroatoms. The van der Waals surface area contributed by atoms with Crippen molar-refractivity contribution in [1.29, 1.82) is 0 Å². The molecule has 25 heavy (non-hydrogen) atoms.